The average Bonchev–Trinajstić information content (AvgIpc) is 3.06. The summed E-state index contributed by atoms with van der Waals surface area (Å²) in [7, 11) is 4.72. The molecular weight excluding hydrogens is 562 g/mol. The van der Waals surface area contributed by atoms with E-state index < -0.39 is 0 Å². The number of aromatic nitrogens is 2. The number of nitrogen functional groups attached to an aromatic ring is 1. The standard InChI is InChI=1S/C32H37N7O5/c1-40-26-18-24(19-27(41-2)30(26)42-3)37-22-6-8-23(9-7-22)38-32-28(31(34)35-20-36-32)29(33)21-4-10-25(11-5-21)44-17-14-39-12-15-43-16-13-39/h4-11,18-20,33,37H,12-17H2,1-3H3,(H3,34,35,36,38). The predicted molar refractivity (Wildman–Crippen MR) is 171 cm³/mol. The van der Waals surface area contributed by atoms with Crippen LogP contribution in [0.25, 0.3) is 0 Å². The van der Waals surface area contributed by atoms with Crippen molar-refractivity contribution in [3.05, 3.63) is 78.1 Å². The van der Waals surface area contributed by atoms with Gasteiger partial charge in [0.2, 0.25) is 5.75 Å². The van der Waals surface area contributed by atoms with E-state index in [1.165, 1.54) is 6.33 Å². The second-order valence-corrected chi connectivity index (χ2v) is 9.93. The maximum Gasteiger partial charge on any atom is 0.203 e. The lowest BCUT2D eigenvalue weighted by Crippen LogP contribution is -2.38. The molecule has 1 aliphatic rings. The zero-order valence-corrected chi connectivity index (χ0v) is 25.1. The third-order valence-electron chi connectivity index (χ3n) is 7.15. The summed E-state index contributed by atoms with van der Waals surface area (Å²) < 4.78 is 27.6. The first kappa shape index (κ1) is 30.4. The summed E-state index contributed by atoms with van der Waals surface area (Å²) in [4.78, 5) is 10.9. The third kappa shape index (κ3) is 7.28. The first-order chi connectivity index (χ1) is 21.5. The van der Waals surface area contributed by atoms with Crippen molar-refractivity contribution in [3.63, 3.8) is 0 Å². The van der Waals surface area contributed by atoms with Crippen molar-refractivity contribution < 1.29 is 23.7 Å². The Morgan fingerprint density at radius 2 is 1.50 bits per heavy atom. The van der Waals surface area contributed by atoms with Gasteiger partial charge < -0.3 is 40.1 Å². The van der Waals surface area contributed by atoms with Crippen molar-refractivity contribution in [3.8, 4) is 23.0 Å². The van der Waals surface area contributed by atoms with E-state index in [9.17, 15) is 0 Å². The molecular formula is C32H37N7O5. The zero-order valence-electron chi connectivity index (χ0n) is 25.1. The molecule has 230 valence electrons. The highest BCUT2D eigenvalue weighted by Crippen LogP contribution is 2.40. The Labute approximate surface area is 256 Å². The molecule has 12 nitrogen and oxygen atoms in total. The van der Waals surface area contributed by atoms with Crippen molar-refractivity contribution in [1.29, 1.82) is 5.41 Å². The smallest absolute Gasteiger partial charge is 0.203 e. The molecule has 1 aliphatic heterocycles. The molecule has 0 spiro atoms. The minimum absolute atomic E-state index is 0.200. The van der Waals surface area contributed by atoms with Crippen LogP contribution in [-0.4, -0.2) is 81.4 Å². The lowest BCUT2D eigenvalue weighted by Gasteiger charge is -2.26. The lowest BCUT2D eigenvalue weighted by molar-refractivity contribution is 0.0322. The van der Waals surface area contributed by atoms with Crippen LogP contribution in [0.15, 0.2) is 67.0 Å². The lowest BCUT2D eigenvalue weighted by atomic mass is 10.0. The van der Waals surface area contributed by atoms with Gasteiger partial charge in [-0.1, -0.05) is 0 Å². The SMILES string of the molecule is COc1cc(Nc2ccc(Nc3ncnc(N)c3C(=N)c3ccc(OCCN4CCOCC4)cc3)cc2)cc(OC)c1OC. The number of nitrogens with zero attached hydrogens (tertiary/aromatic N) is 3. The number of benzene rings is 3. The Bertz CT molecular complexity index is 1530. The van der Waals surface area contributed by atoms with Crippen LogP contribution in [-0.2, 0) is 4.74 Å². The van der Waals surface area contributed by atoms with E-state index in [-0.39, 0.29) is 11.5 Å². The summed E-state index contributed by atoms with van der Waals surface area (Å²) in [5.74, 6) is 3.00. The van der Waals surface area contributed by atoms with Crippen LogP contribution in [0.2, 0.25) is 0 Å². The molecule has 4 aromatic rings. The number of ether oxygens (including phenoxy) is 5. The molecule has 3 aromatic carbocycles. The Morgan fingerprint density at radius 1 is 0.864 bits per heavy atom. The van der Waals surface area contributed by atoms with Crippen LogP contribution in [0.1, 0.15) is 11.1 Å². The van der Waals surface area contributed by atoms with Crippen molar-refractivity contribution in [1.82, 2.24) is 14.9 Å². The second-order valence-electron chi connectivity index (χ2n) is 9.93. The quantitative estimate of drug-likeness (QED) is 0.158. The van der Waals surface area contributed by atoms with Gasteiger partial charge in [-0.3, -0.25) is 10.3 Å². The van der Waals surface area contributed by atoms with Gasteiger partial charge in [0.05, 0.1) is 45.8 Å². The van der Waals surface area contributed by atoms with Crippen LogP contribution < -0.4 is 35.3 Å². The fourth-order valence-corrected chi connectivity index (χ4v) is 4.81. The van der Waals surface area contributed by atoms with Gasteiger partial charge in [-0.25, -0.2) is 9.97 Å². The molecule has 1 fully saturated rings. The molecule has 0 atom stereocenters. The molecule has 0 saturated carbocycles. The maximum absolute atomic E-state index is 8.92. The van der Waals surface area contributed by atoms with Crippen molar-refractivity contribution >= 4 is 34.4 Å². The summed E-state index contributed by atoms with van der Waals surface area (Å²) in [6, 6.07) is 18.7. The van der Waals surface area contributed by atoms with Crippen molar-refractivity contribution in [2.45, 2.75) is 0 Å². The van der Waals surface area contributed by atoms with Gasteiger partial charge >= 0.3 is 0 Å². The van der Waals surface area contributed by atoms with Gasteiger partial charge in [-0.15, -0.1) is 0 Å². The summed E-state index contributed by atoms with van der Waals surface area (Å²) in [5, 5.41) is 15.5. The molecule has 5 N–H and O–H groups in total. The number of nitrogens with two attached hydrogens (primary N) is 1. The van der Waals surface area contributed by atoms with Gasteiger partial charge in [0.1, 0.15) is 30.3 Å². The van der Waals surface area contributed by atoms with Gasteiger partial charge in [0, 0.05) is 54.4 Å². The number of anilines is 5. The molecule has 1 aromatic heterocycles. The summed E-state index contributed by atoms with van der Waals surface area (Å²) >= 11 is 0. The highest BCUT2D eigenvalue weighted by atomic mass is 16.5. The number of morpholine rings is 1. The Morgan fingerprint density at radius 3 is 2.11 bits per heavy atom. The maximum atomic E-state index is 8.92. The number of methoxy groups -OCH3 is 3. The fraction of sp³-hybridized carbons (Fsp3) is 0.281. The molecule has 1 saturated heterocycles. The van der Waals surface area contributed by atoms with E-state index in [1.54, 1.807) is 21.3 Å². The molecule has 0 radical (unpaired) electrons. The van der Waals surface area contributed by atoms with Gasteiger partial charge in [0.25, 0.3) is 0 Å². The second kappa shape index (κ2) is 14.4. The highest BCUT2D eigenvalue weighted by Gasteiger charge is 2.18. The van der Waals surface area contributed by atoms with E-state index in [4.69, 9.17) is 34.8 Å². The molecule has 12 heteroatoms. The van der Waals surface area contributed by atoms with Gasteiger partial charge in [-0.05, 0) is 48.5 Å². The highest BCUT2D eigenvalue weighted by molar-refractivity contribution is 6.16. The number of rotatable bonds is 13. The monoisotopic (exact) mass is 599 g/mol. The van der Waals surface area contributed by atoms with E-state index in [0.29, 0.717) is 40.8 Å². The summed E-state index contributed by atoms with van der Waals surface area (Å²) in [6.07, 6.45) is 1.38. The molecule has 0 bridgehead atoms. The number of nitrogens with one attached hydrogen (secondary N) is 3. The van der Waals surface area contributed by atoms with Crippen LogP contribution in [0.5, 0.6) is 23.0 Å². The predicted octanol–water partition coefficient (Wildman–Crippen LogP) is 4.70. The summed E-state index contributed by atoms with van der Waals surface area (Å²) in [5.41, 5.74) is 9.90. The molecule has 0 aliphatic carbocycles. The Balaban J connectivity index is 1.25. The van der Waals surface area contributed by atoms with Crippen LogP contribution in [0, 0.1) is 5.41 Å². The summed E-state index contributed by atoms with van der Waals surface area (Å²) in [6.45, 7) is 4.80. The van der Waals surface area contributed by atoms with Gasteiger partial charge in [0.15, 0.2) is 11.5 Å². The average molecular weight is 600 g/mol. The molecule has 5 rings (SSSR count). The van der Waals surface area contributed by atoms with Crippen molar-refractivity contribution in [2.75, 3.05) is 77.2 Å². The van der Waals surface area contributed by atoms with E-state index in [2.05, 4.69) is 25.5 Å². The van der Waals surface area contributed by atoms with E-state index in [1.807, 2.05) is 60.7 Å². The van der Waals surface area contributed by atoms with Crippen LogP contribution in [0.4, 0.5) is 28.7 Å². The molecule has 0 unspecified atom stereocenters. The van der Waals surface area contributed by atoms with Crippen LogP contribution >= 0.6 is 0 Å². The number of hydrogen-bond acceptors (Lipinski definition) is 12. The molecule has 2 heterocycles. The minimum Gasteiger partial charge on any atom is -0.493 e. The normalized spacial score (nSPS) is 13.2. The molecule has 0 amide bonds. The van der Waals surface area contributed by atoms with E-state index >= 15 is 0 Å². The van der Waals surface area contributed by atoms with Crippen molar-refractivity contribution in [2.24, 2.45) is 0 Å². The first-order valence-electron chi connectivity index (χ1n) is 14.2. The topological polar surface area (TPSA) is 149 Å². The van der Waals surface area contributed by atoms with Gasteiger partial charge in [-0.2, -0.15) is 0 Å². The minimum atomic E-state index is 0.200. The first-order valence-corrected chi connectivity index (χ1v) is 14.2. The Kier molecular flexibility index (Phi) is 9.95. The number of hydrogen-bond donors (Lipinski definition) is 4. The largest absolute Gasteiger partial charge is 0.493 e. The zero-order chi connectivity index (χ0) is 30.9. The third-order valence-corrected chi connectivity index (χ3v) is 7.15. The van der Waals surface area contributed by atoms with Crippen LogP contribution in [0.3, 0.4) is 0 Å². The van der Waals surface area contributed by atoms with E-state index in [0.717, 1.165) is 55.7 Å². The fourth-order valence-electron chi connectivity index (χ4n) is 4.81. The Hall–Kier alpha value is -5.07. The molecule has 44 heavy (non-hydrogen) atoms.